The van der Waals surface area contributed by atoms with Gasteiger partial charge in [-0.2, -0.15) is 0 Å². The van der Waals surface area contributed by atoms with Crippen molar-refractivity contribution < 1.29 is 14.0 Å². The van der Waals surface area contributed by atoms with Crippen LogP contribution in [0.2, 0.25) is 0 Å². The number of hydrogen-bond acceptors (Lipinski definition) is 6. The highest BCUT2D eigenvalue weighted by Crippen LogP contribution is 2.34. The molecule has 2 aromatic heterocycles. The van der Waals surface area contributed by atoms with Crippen LogP contribution < -0.4 is 5.32 Å². The Bertz CT molecular complexity index is 1580. The Labute approximate surface area is 202 Å². The number of fused-ring (bicyclic) bond motifs is 2. The number of amides is 1. The predicted octanol–water partition coefficient (Wildman–Crippen LogP) is 5.94. The molecule has 7 nitrogen and oxygen atoms in total. The van der Waals surface area contributed by atoms with Crippen LogP contribution in [0.5, 0.6) is 0 Å². The number of oxime groups is 1. The van der Waals surface area contributed by atoms with Crippen LogP contribution in [0, 0.1) is 0 Å². The number of nitrogens with one attached hydrogen (secondary N) is 1. The number of rotatable bonds is 4. The molecule has 1 N–H and O–H groups in total. The summed E-state index contributed by atoms with van der Waals surface area (Å²) >= 11 is 3.60. The van der Waals surface area contributed by atoms with Gasteiger partial charge in [-0.3, -0.25) is 9.78 Å². The molecule has 6 rings (SSSR count). The predicted molar refractivity (Wildman–Crippen MR) is 134 cm³/mol. The average Bonchev–Trinajstić information content (AvgIpc) is 3.52. The number of pyridine rings is 1. The fourth-order valence-corrected chi connectivity index (χ4v) is 4.52. The van der Waals surface area contributed by atoms with E-state index in [1.807, 2.05) is 48.5 Å². The van der Waals surface area contributed by atoms with Gasteiger partial charge in [-0.1, -0.05) is 45.4 Å². The number of anilines is 1. The molecule has 0 saturated heterocycles. The molecule has 0 saturated carbocycles. The van der Waals surface area contributed by atoms with Crippen molar-refractivity contribution in [3.05, 3.63) is 89.2 Å². The summed E-state index contributed by atoms with van der Waals surface area (Å²) in [5.74, 6) is 0.250. The Kier molecular flexibility index (Phi) is 5.07. The second kappa shape index (κ2) is 8.39. The maximum Gasteiger partial charge on any atom is 0.268 e. The lowest BCUT2D eigenvalue weighted by atomic mass is 10.0. The van der Waals surface area contributed by atoms with E-state index in [1.54, 1.807) is 30.6 Å². The van der Waals surface area contributed by atoms with Gasteiger partial charge < -0.3 is 14.6 Å². The molecule has 166 valence electrons. The first-order chi connectivity index (χ1) is 16.7. The first-order valence-corrected chi connectivity index (χ1v) is 11.5. The third-order valence-corrected chi connectivity index (χ3v) is 6.40. The van der Waals surface area contributed by atoms with Crippen LogP contribution >= 0.6 is 15.9 Å². The lowest BCUT2D eigenvalue weighted by Crippen LogP contribution is -2.28. The summed E-state index contributed by atoms with van der Waals surface area (Å²) in [6.45, 7) is 0. The maximum absolute atomic E-state index is 12.8. The molecule has 1 aliphatic rings. The number of hydrogen-bond donors (Lipinski definition) is 1. The van der Waals surface area contributed by atoms with E-state index in [4.69, 9.17) is 9.25 Å². The number of aromatic nitrogens is 2. The molecule has 0 fully saturated rings. The van der Waals surface area contributed by atoms with Gasteiger partial charge in [-0.05, 0) is 53.2 Å². The van der Waals surface area contributed by atoms with Crippen LogP contribution in [-0.2, 0) is 9.63 Å². The van der Waals surface area contributed by atoms with E-state index in [-0.39, 0.29) is 5.91 Å². The molecule has 0 bridgehead atoms. The van der Waals surface area contributed by atoms with Crippen molar-refractivity contribution in [2.45, 2.75) is 12.5 Å². The Morgan fingerprint density at radius 2 is 1.91 bits per heavy atom. The third-order valence-electron chi connectivity index (χ3n) is 5.71. The van der Waals surface area contributed by atoms with E-state index in [0.29, 0.717) is 34.8 Å². The molecule has 0 aliphatic carbocycles. The molecular weight excluding hydrogens is 496 g/mol. The largest absolute Gasteiger partial charge is 0.436 e. The van der Waals surface area contributed by atoms with Gasteiger partial charge >= 0.3 is 0 Å². The summed E-state index contributed by atoms with van der Waals surface area (Å²) in [6, 6.07) is 21.1. The van der Waals surface area contributed by atoms with E-state index in [0.717, 1.165) is 26.4 Å². The molecule has 0 radical (unpaired) electrons. The van der Waals surface area contributed by atoms with Crippen molar-refractivity contribution in [2.24, 2.45) is 5.16 Å². The Morgan fingerprint density at radius 3 is 2.79 bits per heavy atom. The highest BCUT2D eigenvalue weighted by Gasteiger charge is 2.29. The van der Waals surface area contributed by atoms with Crippen molar-refractivity contribution >= 4 is 55.1 Å². The molecule has 1 amide bonds. The molecule has 1 atom stereocenters. The highest BCUT2D eigenvalue weighted by atomic mass is 79.9. The van der Waals surface area contributed by atoms with Gasteiger partial charge in [-0.25, -0.2) is 4.98 Å². The molecule has 3 aromatic carbocycles. The van der Waals surface area contributed by atoms with Crippen LogP contribution in [0.4, 0.5) is 5.69 Å². The first-order valence-electron chi connectivity index (χ1n) is 10.7. The molecule has 1 aliphatic heterocycles. The lowest BCUT2D eigenvalue weighted by Gasteiger charge is -2.09. The van der Waals surface area contributed by atoms with Gasteiger partial charge in [0.05, 0.1) is 5.71 Å². The third kappa shape index (κ3) is 3.72. The van der Waals surface area contributed by atoms with E-state index in [1.165, 1.54) is 0 Å². The standard InChI is InChI=1S/C26H17BrN4O3/c27-20-8-2-5-17-18(20)6-1-7-19(17)26-30-22-12-16(9-10-23(22)33-26)29-25(32)24-13-21(31-34-24)15-4-3-11-28-14-15/h1-12,14,24H,13H2,(H,29,32). The van der Waals surface area contributed by atoms with E-state index in [9.17, 15) is 4.79 Å². The molecule has 8 heteroatoms. The molecule has 5 aromatic rings. The minimum Gasteiger partial charge on any atom is -0.436 e. The zero-order valence-electron chi connectivity index (χ0n) is 17.7. The Morgan fingerprint density at radius 1 is 1.03 bits per heavy atom. The smallest absolute Gasteiger partial charge is 0.268 e. The highest BCUT2D eigenvalue weighted by molar-refractivity contribution is 9.10. The number of halogens is 1. The minimum absolute atomic E-state index is 0.274. The number of oxazole rings is 1. The number of benzene rings is 3. The number of nitrogens with zero attached hydrogens (tertiary/aromatic N) is 3. The fraction of sp³-hybridized carbons (Fsp3) is 0.0769. The van der Waals surface area contributed by atoms with Gasteiger partial charge in [0.15, 0.2) is 5.58 Å². The normalized spacial score (nSPS) is 15.3. The van der Waals surface area contributed by atoms with Crippen LogP contribution in [0.3, 0.4) is 0 Å². The second-order valence-electron chi connectivity index (χ2n) is 7.91. The van der Waals surface area contributed by atoms with Gasteiger partial charge in [0.25, 0.3) is 5.91 Å². The van der Waals surface area contributed by atoms with Crippen molar-refractivity contribution in [1.82, 2.24) is 9.97 Å². The zero-order valence-corrected chi connectivity index (χ0v) is 19.3. The van der Waals surface area contributed by atoms with Crippen LogP contribution in [0.1, 0.15) is 12.0 Å². The maximum atomic E-state index is 12.8. The summed E-state index contributed by atoms with van der Waals surface area (Å²) < 4.78 is 7.05. The SMILES string of the molecule is O=C(Nc1ccc2oc(-c3cccc4c(Br)cccc34)nc2c1)C1CC(c2cccnc2)=NO1. The van der Waals surface area contributed by atoms with E-state index >= 15 is 0 Å². The van der Waals surface area contributed by atoms with Gasteiger partial charge in [0.1, 0.15) is 5.52 Å². The molecule has 34 heavy (non-hydrogen) atoms. The topological polar surface area (TPSA) is 89.6 Å². The number of carbonyl (C=O) groups excluding carboxylic acids is 1. The monoisotopic (exact) mass is 512 g/mol. The summed E-state index contributed by atoms with van der Waals surface area (Å²) in [6.07, 6.45) is 3.07. The summed E-state index contributed by atoms with van der Waals surface area (Å²) in [5, 5.41) is 9.07. The van der Waals surface area contributed by atoms with E-state index in [2.05, 4.69) is 36.4 Å². The summed E-state index contributed by atoms with van der Waals surface area (Å²) in [7, 11) is 0. The van der Waals surface area contributed by atoms with Crippen LogP contribution in [0.15, 0.2) is 93.2 Å². The average molecular weight is 513 g/mol. The van der Waals surface area contributed by atoms with Gasteiger partial charge in [0, 0.05) is 40.1 Å². The molecule has 0 spiro atoms. The molecule has 1 unspecified atom stereocenters. The van der Waals surface area contributed by atoms with Crippen molar-refractivity contribution in [3.63, 3.8) is 0 Å². The first kappa shape index (κ1) is 20.6. The van der Waals surface area contributed by atoms with E-state index < -0.39 is 6.10 Å². The molecular formula is C26H17BrN4O3. The zero-order chi connectivity index (χ0) is 23.1. The number of carbonyl (C=O) groups is 1. The summed E-state index contributed by atoms with van der Waals surface area (Å²) in [4.78, 5) is 26.9. The van der Waals surface area contributed by atoms with Crippen molar-refractivity contribution in [3.8, 4) is 11.5 Å². The minimum atomic E-state index is -0.701. The summed E-state index contributed by atoms with van der Waals surface area (Å²) in [5.41, 5.74) is 4.34. The van der Waals surface area contributed by atoms with Gasteiger partial charge in [-0.15, -0.1) is 0 Å². The lowest BCUT2D eigenvalue weighted by molar-refractivity contribution is -0.125. The molecule has 3 heterocycles. The second-order valence-corrected chi connectivity index (χ2v) is 8.76. The van der Waals surface area contributed by atoms with Crippen LogP contribution in [0.25, 0.3) is 33.3 Å². The van der Waals surface area contributed by atoms with Crippen molar-refractivity contribution in [2.75, 3.05) is 5.32 Å². The quantitative estimate of drug-likeness (QED) is 0.322. The Balaban J connectivity index is 1.23. The fourth-order valence-electron chi connectivity index (χ4n) is 4.02. The van der Waals surface area contributed by atoms with Crippen molar-refractivity contribution in [1.29, 1.82) is 0 Å². The van der Waals surface area contributed by atoms with Crippen LogP contribution in [-0.4, -0.2) is 27.7 Å². The Hall–Kier alpha value is -4.04. The van der Waals surface area contributed by atoms with Gasteiger partial charge in [0.2, 0.25) is 12.0 Å².